The average Bonchev–Trinajstić information content (AvgIpc) is 3.10. The number of benzene rings is 1. The number of halogens is 2. The SMILES string of the molecule is Cc1nc2sc([C@@H](c3ccc(F)c(Br)c3)N3CCOCC3)c(O)n2n1. The first-order chi connectivity index (χ1) is 12.0. The molecule has 3 aromatic rings. The highest BCUT2D eigenvalue weighted by molar-refractivity contribution is 9.10. The summed E-state index contributed by atoms with van der Waals surface area (Å²) in [5.41, 5.74) is 0.895. The van der Waals surface area contributed by atoms with E-state index in [1.165, 1.54) is 21.9 Å². The number of aromatic nitrogens is 3. The summed E-state index contributed by atoms with van der Waals surface area (Å²) in [6, 6.07) is 4.73. The Balaban J connectivity index is 1.84. The lowest BCUT2D eigenvalue weighted by Gasteiger charge is -2.34. The molecule has 0 spiro atoms. The van der Waals surface area contributed by atoms with Gasteiger partial charge in [0, 0.05) is 13.1 Å². The average molecular weight is 427 g/mol. The molecule has 0 amide bonds. The Morgan fingerprint density at radius 3 is 2.80 bits per heavy atom. The Bertz CT molecular complexity index is 922. The third kappa shape index (κ3) is 3.05. The lowest BCUT2D eigenvalue weighted by atomic mass is 10.0. The number of hydrogen-bond acceptors (Lipinski definition) is 6. The molecule has 1 aromatic carbocycles. The Morgan fingerprint density at radius 2 is 2.12 bits per heavy atom. The molecule has 1 aliphatic rings. The molecule has 6 nitrogen and oxygen atoms in total. The van der Waals surface area contributed by atoms with E-state index in [-0.39, 0.29) is 17.7 Å². The third-order valence-electron chi connectivity index (χ3n) is 4.22. The zero-order valence-electron chi connectivity index (χ0n) is 13.4. The zero-order valence-corrected chi connectivity index (χ0v) is 15.8. The Hall–Kier alpha value is -1.55. The van der Waals surface area contributed by atoms with E-state index in [0.717, 1.165) is 23.5 Å². The Morgan fingerprint density at radius 1 is 1.36 bits per heavy atom. The van der Waals surface area contributed by atoms with Gasteiger partial charge in [-0.25, -0.2) is 9.37 Å². The van der Waals surface area contributed by atoms with Crippen LogP contribution < -0.4 is 0 Å². The van der Waals surface area contributed by atoms with Gasteiger partial charge in [0.2, 0.25) is 10.8 Å². The van der Waals surface area contributed by atoms with Crippen molar-refractivity contribution >= 4 is 32.2 Å². The van der Waals surface area contributed by atoms with Crippen molar-refractivity contribution in [1.29, 1.82) is 0 Å². The van der Waals surface area contributed by atoms with Crippen LogP contribution in [-0.4, -0.2) is 50.9 Å². The van der Waals surface area contributed by atoms with E-state index in [1.54, 1.807) is 19.1 Å². The van der Waals surface area contributed by atoms with E-state index in [2.05, 4.69) is 30.9 Å². The van der Waals surface area contributed by atoms with Crippen LogP contribution in [0.4, 0.5) is 4.39 Å². The summed E-state index contributed by atoms with van der Waals surface area (Å²) in [5, 5.41) is 15.0. The van der Waals surface area contributed by atoms with Crippen molar-refractivity contribution in [3.8, 4) is 5.88 Å². The molecule has 9 heteroatoms. The molecule has 3 heterocycles. The number of aromatic hydroxyl groups is 1. The summed E-state index contributed by atoms with van der Waals surface area (Å²) in [7, 11) is 0. The Kier molecular flexibility index (Phi) is 4.48. The molecule has 4 rings (SSSR count). The molecule has 1 aliphatic heterocycles. The number of aryl methyl sites for hydroxylation is 1. The van der Waals surface area contributed by atoms with Crippen LogP contribution in [0.3, 0.4) is 0 Å². The highest BCUT2D eigenvalue weighted by Crippen LogP contribution is 2.40. The maximum absolute atomic E-state index is 13.7. The summed E-state index contributed by atoms with van der Waals surface area (Å²) in [6.45, 7) is 4.49. The molecule has 0 radical (unpaired) electrons. The fourth-order valence-corrected chi connectivity index (χ4v) is 4.63. The molecule has 25 heavy (non-hydrogen) atoms. The van der Waals surface area contributed by atoms with E-state index in [0.29, 0.717) is 28.5 Å². The third-order valence-corrected chi connectivity index (χ3v) is 5.90. The van der Waals surface area contributed by atoms with Gasteiger partial charge in [0.25, 0.3) is 0 Å². The minimum Gasteiger partial charge on any atom is -0.492 e. The summed E-state index contributed by atoms with van der Waals surface area (Å²) >= 11 is 4.66. The quantitative estimate of drug-likeness (QED) is 0.696. The molecular weight excluding hydrogens is 411 g/mol. The number of morpholine rings is 1. The molecule has 1 fully saturated rings. The largest absolute Gasteiger partial charge is 0.492 e. The van der Waals surface area contributed by atoms with E-state index >= 15 is 0 Å². The predicted octanol–water partition coefficient (Wildman–Crippen LogP) is 3.13. The van der Waals surface area contributed by atoms with Gasteiger partial charge in [0.15, 0.2) is 0 Å². The number of nitrogens with zero attached hydrogens (tertiary/aromatic N) is 4. The lowest BCUT2D eigenvalue weighted by molar-refractivity contribution is 0.0241. The number of hydrogen-bond donors (Lipinski definition) is 1. The zero-order chi connectivity index (χ0) is 17.6. The number of rotatable bonds is 3. The second kappa shape index (κ2) is 6.64. The van der Waals surface area contributed by atoms with Crippen LogP contribution in [0, 0.1) is 12.7 Å². The molecule has 1 atom stereocenters. The van der Waals surface area contributed by atoms with Crippen LogP contribution in [0.2, 0.25) is 0 Å². The van der Waals surface area contributed by atoms with Crippen LogP contribution in [0.5, 0.6) is 5.88 Å². The molecule has 2 aromatic heterocycles. The minimum atomic E-state index is -0.313. The molecule has 0 saturated carbocycles. The van der Waals surface area contributed by atoms with Crippen molar-refractivity contribution < 1.29 is 14.2 Å². The lowest BCUT2D eigenvalue weighted by Crippen LogP contribution is -2.39. The van der Waals surface area contributed by atoms with Crippen molar-refractivity contribution in [1.82, 2.24) is 19.5 Å². The standard InChI is InChI=1S/C16H16BrFN4O2S/c1-9-19-16-22(20-9)15(23)14(25-16)13(21-4-6-24-7-5-21)10-2-3-12(18)11(17)8-10/h2-3,8,13,23H,4-7H2,1H3/t13-/m1/s1. The van der Waals surface area contributed by atoms with Crippen molar-refractivity contribution in [3.63, 3.8) is 0 Å². The molecule has 0 aliphatic carbocycles. The van der Waals surface area contributed by atoms with Gasteiger partial charge in [-0.15, -0.1) is 5.10 Å². The van der Waals surface area contributed by atoms with Crippen LogP contribution in [-0.2, 0) is 4.74 Å². The molecule has 132 valence electrons. The fraction of sp³-hybridized carbons (Fsp3) is 0.375. The van der Waals surface area contributed by atoms with Crippen LogP contribution in [0.1, 0.15) is 22.3 Å². The van der Waals surface area contributed by atoms with E-state index < -0.39 is 0 Å². The van der Waals surface area contributed by atoms with Crippen molar-refractivity contribution in [2.75, 3.05) is 26.3 Å². The monoisotopic (exact) mass is 426 g/mol. The summed E-state index contributed by atoms with van der Waals surface area (Å²) in [5.74, 6) is 0.380. The topological polar surface area (TPSA) is 62.9 Å². The van der Waals surface area contributed by atoms with E-state index in [1.807, 2.05) is 0 Å². The maximum Gasteiger partial charge on any atom is 0.230 e. The van der Waals surface area contributed by atoms with E-state index in [4.69, 9.17) is 4.74 Å². The van der Waals surface area contributed by atoms with E-state index in [9.17, 15) is 9.50 Å². The van der Waals surface area contributed by atoms with Gasteiger partial charge in [0.1, 0.15) is 11.6 Å². The number of ether oxygens (including phenoxy) is 1. The van der Waals surface area contributed by atoms with Crippen LogP contribution in [0.15, 0.2) is 22.7 Å². The van der Waals surface area contributed by atoms with Gasteiger partial charge in [-0.05, 0) is 40.5 Å². The Labute approximate surface area is 156 Å². The highest BCUT2D eigenvalue weighted by atomic mass is 79.9. The molecule has 1 saturated heterocycles. The first-order valence-electron chi connectivity index (χ1n) is 7.86. The number of fused-ring (bicyclic) bond motifs is 1. The normalized spacial score (nSPS) is 17.2. The molecule has 0 unspecified atom stereocenters. The fourth-order valence-electron chi connectivity index (χ4n) is 3.07. The van der Waals surface area contributed by atoms with Crippen LogP contribution >= 0.6 is 27.3 Å². The van der Waals surface area contributed by atoms with Gasteiger partial charge in [-0.1, -0.05) is 17.4 Å². The van der Waals surface area contributed by atoms with Crippen molar-refractivity contribution in [3.05, 3.63) is 44.8 Å². The molecular formula is C16H16BrFN4O2S. The summed E-state index contributed by atoms with van der Waals surface area (Å²) in [6.07, 6.45) is 0. The first-order valence-corrected chi connectivity index (χ1v) is 9.47. The summed E-state index contributed by atoms with van der Waals surface area (Å²) in [4.78, 5) is 7.96. The minimum absolute atomic E-state index is 0.0811. The molecule has 0 bridgehead atoms. The second-order valence-electron chi connectivity index (χ2n) is 5.87. The predicted molar refractivity (Wildman–Crippen MR) is 95.6 cm³/mol. The van der Waals surface area contributed by atoms with Crippen LogP contribution in [0.25, 0.3) is 4.96 Å². The smallest absolute Gasteiger partial charge is 0.230 e. The van der Waals surface area contributed by atoms with Crippen molar-refractivity contribution in [2.24, 2.45) is 0 Å². The van der Waals surface area contributed by atoms with Gasteiger partial charge < -0.3 is 9.84 Å². The highest BCUT2D eigenvalue weighted by Gasteiger charge is 2.30. The van der Waals surface area contributed by atoms with Gasteiger partial charge in [-0.2, -0.15) is 4.52 Å². The number of thiazole rings is 1. The van der Waals surface area contributed by atoms with Gasteiger partial charge in [-0.3, -0.25) is 4.90 Å². The second-order valence-corrected chi connectivity index (χ2v) is 7.73. The maximum atomic E-state index is 13.7. The molecule has 1 N–H and O–H groups in total. The van der Waals surface area contributed by atoms with Gasteiger partial charge in [0.05, 0.1) is 28.6 Å². The van der Waals surface area contributed by atoms with Crippen molar-refractivity contribution in [2.45, 2.75) is 13.0 Å². The first kappa shape index (κ1) is 16.9. The van der Waals surface area contributed by atoms with Gasteiger partial charge >= 0.3 is 0 Å². The summed E-state index contributed by atoms with van der Waals surface area (Å²) < 4.78 is 21.0.